The van der Waals surface area contributed by atoms with Crippen LogP contribution in [0.3, 0.4) is 0 Å². The third-order valence-electron chi connectivity index (χ3n) is 9.80. The SMILES string of the molecule is CN(c1nc(OC[C@@]23CCCN2C[C@H](F)C3)nc2c(F)c(-c3cccc4ccc(F)c(Cl)c34)ncc12)[C@@H]1CCN(C(=O)CP(=O)(O)O)C1. The zero-order chi connectivity index (χ0) is 34.0. The van der Waals surface area contributed by atoms with Gasteiger partial charge in [-0.1, -0.05) is 35.9 Å². The highest BCUT2D eigenvalue weighted by Crippen LogP contribution is 2.42. The fraction of sp³-hybridized carbons (Fsp3) is 0.438. The summed E-state index contributed by atoms with van der Waals surface area (Å²) in [7, 11) is -2.83. The molecule has 3 atom stereocenters. The van der Waals surface area contributed by atoms with Crippen LogP contribution in [0.2, 0.25) is 5.02 Å². The first kappa shape index (κ1) is 33.0. The summed E-state index contributed by atoms with van der Waals surface area (Å²) in [5.41, 5.74) is -0.464. The number of amides is 1. The molecule has 11 nitrogen and oxygen atoms in total. The smallest absolute Gasteiger partial charge is 0.334 e. The number of anilines is 1. The normalized spacial score (nSPS) is 22.9. The van der Waals surface area contributed by atoms with E-state index >= 15 is 4.39 Å². The Morgan fingerprint density at radius 3 is 2.79 bits per heavy atom. The van der Waals surface area contributed by atoms with E-state index in [4.69, 9.17) is 16.3 Å². The van der Waals surface area contributed by atoms with Crippen LogP contribution in [0.25, 0.3) is 32.9 Å². The van der Waals surface area contributed by atoms with E-state index in [0.717, 1.165) is 19.4 Å². The molecule has 254 valence electrons. The fourth-order valence-corrected chi connectivity index (χ4v) is 8.26. The third-order valence-corrected chi connectivity index (χ3v) is 10.9. The molecule has 0 bridgehead atoms. The van der Waals surface area contributed by atoms with E-state index in [1.807, 2.05) is 0 Å². The van der Waals surface area contributed by atoms with Crippen LogP contribution >= 0.6 is 19.2 Å². The van der Waals surface area contributed by atoms with Gasteiger partial charge in [-0.05, 0) is 37.3 Å². The van der Waals surface area contributed by atoms with Crippen molar-refractivity contribution in [2.75, 3.05) is 50.9 Å². The second kappa shape index (κ2) is 12.4. The van der Waals surface area contributed by atoms with E-state index in [0.29, 0.717) is 30.2 Å². The van der Waals surface area contributed by atoms with E-state index in [1.165, 1.54) is 17.2 Å². The lowest BCUT2D eigenvalue weighted by Gasteiger charge is -2.31. The summed E-state index contributed by atoms with van der Waals surface area (Å²) < 4.78 is 63.3. The topological polar surface area (TPSA) is 132 Å². The molecule has 2 aromatic carbocycles. The van der Waals surface area contributed by atoms with Gasteiger partial charge in [0, 0.05) is 56.3 Å². The maximum Gasteiger partial charge on any atom is 0.334 e. The number of carbonyl (C=O) groups excluding carboxylic acids is 1. The molecule has 0 saturated carbocycles. The van der Waals surface area contributed by atoms with Crippen LogP contribution in [0, 0.1) is 11.6 Å². The zero-order valence-corrected chi connectivity index (χ0v) is 27.6. The highest BCUT2D eigenvalue weighted by molar-refractivity contribution is 7.52. The molecule has 0 spiro atoms. The molecule has 3 saturated heterocycles. The third kappa shape index (κ3) is 5.98. The maximum absolute atomic E-state index is 16.7. The Bertz CT molecular complexity index is 1990. The Morgan fingerprint density at radius 1 is 1.19 bits per heavy atom. The quantitative estimate of drug-likeness (QED) is 0.243. The van der Waals surface area contributed by atoms with Crippen LogP contribution < -0.4 is 9.64 Å². The molecule has 2 aromatic heterocycles. The number of hydrogen-bond donors (Lipinski definition) is 2. The van der Waals surface area contributed by atoms with Crippen molar-refractivity contribution in [2.45, 2.75) is 43.4 Å². The number of halogens is 4. The molecule has 16 heteroatoms. The minimum atomic E-state index is -4.55. The van der Waals surface area contributed by atoms with Gasteiger partial charge < -0.3 is 24.3 Å². The van der Waals surface area contributed by atoms with Gasteiger partial charge in [0.15, 0.2) is 5.82 Å². The summed E-state index contributed by atoms with van der Waals surface area (Å²) in [5, 5.41) is 0.962. The molecule has 48 heavy (non-hydrogen) atoms. The Labute approximate surface area is 278 Å². The summed E-state index contributed by atoms with van der Waals surface area (Å²) in [5.74, 6) is -1.87. The average Bonchev–Trinajstić information content (AvgIpc) is 3.75. The van der Waals surface area contributed by atoms with Crippen LogP contribution in [-0.4, -0.2) is 104 Å². The number of hydrogen-bond acceptors (Lipinski definition) is 8. The predicted molar refractivity (Wildman–Crippen MR) is 174 cm³/mol. The number of aromatic nitrogens is 3. The number of ether oxygens (including phenoxy) is 1. The minimum absolute atomic E-state index is 0.105. The van der Waals surface area contributed by atoms with Gasteiger partial charge in [-0.3, -0.25) is 19.2 Å². The maximum atomic E-state index is 16.7. The predicted octanol–water partition coefficient (Wildman–Crippen LogP) is 4.95. The Kier molecular flexibility index (Phi) is 8.52. The summed E-state index contributed by atoms with van der Waals surface area (Å²) in [6.07, 6.45) is 1.97. The van der Waals surface area contributed by atoms with E-state index in [1.54, 1.807) is 36.2 Å². The lowest BCUT2D eigenvalue weighted by atomic mass is 9.95. The van der Waals surface area contributed by atoms with Gasteiger partial charge in [0.05, 0.1) is 15.9 Å². The highest BCUT2D eigenvalue weighted by atomic mass is 35.5. The Hall–Kier alpha value is -3.55. The number of likely N-dealkylation sites (N-methyl/N-ethyl adjacent to an activating group) is 1. The molecule has 3 aliphatic heterocycles. The number of nitrogens with zero attached hydrogens (tertiary/aromatic N) is 6. The first-order chi connectivity index (χ1) is 22.8. The van der Waals surface area contributed by atoms with Crippen molar-refractivity contribution in [1.29, 1.82) is 0 Å². The van der Waals surface area contributed by atoms with Gasteiger partial charge in [0.25, 0.3) is 0 Å². The summed E-state index contributed by atoms with van der Waals surface area (Å²) in [6.45, 7) is 1.60. The first-order valence-corrected chi connectivity index (χ1v) is 17.8. The minimum Gasteiger partial charge on any atom is -0.461 e. The molecule has 4 aromatic rings. The number of benzene rings is 2. The Balaban J connectivity index is 1.29. The molecule has 0 unspecified atom stereocenters. The molecular formula is C32H33ClF3N6O5P. The van der Waals surface area contributed by atoms with E-state index in [-0.39, 0.29) is 64.7 Å². The van der Waals surface area contributed by atoms with Crippen LogP contribution in [0.1, 0.15) is 25.7 Å². The largest absolute Gasteiger partial charge is 0.461 e. The zero-order valence-electron chi connectivity index (χ0n) is 26.0. The van der Waals surface area contributed by atoms with Crippen LogP contribution in [-0.2, 0) is 9.36 Å². The van der Waals surface area contributed by atoms with Gasteiger partial charge in [-0.2, -0.15) is 9.97 Å². The van der Waals surface area contributed by atoms with Crippen LogP contribution in [0.4, 0.5) is 19.0 Å². The van der Waals surface area contributed by atoms with E-state index in [9.17, 15) is 27.9 Å². The van der Waals surface area contributed by atoms with Gasteiger partial charge in [0.2, 0.25) is 5.91 Å². The highest BCUT2D eigenvalue weighted by Gasteiger charge is 2.49. The molecule has 1 amide bonds. The van der Waals surface area contributed by atoms with Crippen molar-refractivity contribution in [2.24, 2.45) is 0 Å². The number of rotatable bonds is 8. The van der Waals surface area contributed by atoms with Crippen molar-refractivity contribution < 1.29 is 37.1 Å². The summed E-state index contributed by atoms with van der Waals surface area (Å²) in [6, 6.07) is 7.34. The molecule has 7 rings (SSSR count). The second-order valence-corrected chi connectivity index (χ2v) is 14.9. The molecule has 0 radical (unpaired) electrons. The summed E-state index contributed by atoms with van der Waals surface area (Å²) in [4.78, 5) is 49.9. The number of pyridine rings is 1. The lowest BCUT2D eigenvalue weighted by Crippen LogP contribution is -2.43. The summed E-state index contributed by atoms with van der Waals surface area (Å²) >= 11 is 6.36. The lowest BCUT2D eigenvalue weighted by molar-refractivity contribution is -0.127. The van der Waals surface area contributed by atoms with E-state index in [2.05, 4.69) is 19.9 Å². The standard InChI is InChI=1S/C32H33ClF3N6O5P/c1-40(20-8-11-41(15-20)24(43)16-48(44,45)46)30-22-13-37-28(21-5-2-4-18-6-7-23(35)26(33)25(18)21)27(36)29(22)38-31(39-30)47-17-32-9-3-10-42(32)14-19(34)12-32/h2,4-7,13,19-20H,3,8-12,14-17H2,1H3,(H2,44,45,46)/t19-,20-,32+/m1/s1. The average molecular weight is 705 g/mol. The van der Waals surface area contributed by atoms with Crippen LogP contribution in [0.15, 0.2) is 36.5 Å². The molecule has 2 N–H and O–H groups in total. The van der Waals surface area contributed by atoms with Gasteiger partial charge in [-0.25, -0.2) is 13.2 Å². The molecule has 3 aliphatic rings. The molecule has 3 fully saturated rings. The van der Waals surface area contributed by atoms with Crippen molar-refractivity contribution in [3.05, 3.63) is 53.2 Å². The van der Waals surface area contributed by atoms with Gasteiger partial charge in [-0.15, -0.1) is 0 Å². The number of fused-ring (bicyclic) bond motifs is 3. The second-order valence-electron chi connectivity index (χ2n) is 12.9. The Morgan fingerprint density at radius 2 is 2.00 bits per heavy atom. The van der Waals surface area contributed by atoms with Crippen LogP contribution in [0.5, 0.6) is 6.01 Å². The number of likely N-dealkylation sites (tertiary alicyclic amines) is 1. The molecule has 0 aliphatic carbocycles. The van der Waals surface area contributed by atoms with Crippen molar-refractivity contribution in [3.63, 3.8) is 0 Å². The number of alkyl halides is 1. The van der Waals surface area contributed by atoms with Gasteiger partial charge >= 0.3 is 13.6 Å². The molecular weight excluding hydrogens is 672 g/mol. The number of carbonyl (C=O) groups is 1. The van der Waals surface area contributed by atoms with E-state index < -0.39 is 43.0 Å². The van der Waals surface area contributed by atoms with Gasteiger partial charge in [0.1, 0.15) is 41.8 Å². The van der Waals surface area contributed by atoms with Crippen molar-refractivity contribution in [1.82, 2.24) is 24.8 Å². The monoisotopic (exact) mass is 704 g/mol. The van der Waals surface area contributed by atoms with Crippen molar-refractivity contribution in [3.8, 4) is 17.3 Å². The molecule has 5 heterocycles. The first-order valence-electron chi connectivity index (χ1n) is 15.6. The fourth-order valence-electron chi connectivity index (χ4n) is 7.43. The van der Waals surface area contributed by atoms with Crippen molar-refractivity contribution >= 4 is 52.6 Å².